The number of likely N-dealkylation sites (tertiary alicyclic amines) is 1. The van der Waals surface area contributed by atoms with Gasteiger partial charge in [-0.15, -0.1) is 0 Å². The highest BCUT2D eigenvalue weighted by Crippen LogP contribution is 2.34. The van der Waals surface area contributed by atoms with Gasteiger partial charge in [0.05, 0.1) is 5.92 Å². The van der Waals surface area contributed by atoms with Crippen LogP contribution in [0.15, 0.2) is 24.3 Å². The van der Waals surface area contributed by atoms with Crippen LogP contribution in [0.5, 0.6) is 0 Å². The fraction of sp³-hybridized carbons (Fsp3) is 0.588. The Morgan fingerprint density at radius 2 is 2.15 bits per heavy atom. The Hall–Kier alpha value is -1.35. The minimum Gasteiger partial charge on any atom is -0.339 e. The van der Waals surface area contributed by atoms with Gasteiger partial charge in [0.2, 0.25) is 5.91 Å². The zero-order chi connectivity index (χ0) is 14.1. The van der Waals surface area contributed by atoms with E-state index in [0.717, 1.165) is 32.5 Å². The van der Waals surface area contributed by atoms with Gasteiger partial charge in [0, 0.05) is 25.0 Å². The predicted molar refractivity (Wildman–Crippen MR) is 80.7 cm³/mol. The summed E-state index contributed by atoms with van der Waals surface area (Å²) in [6, 6.07) is 8.96. The van der Waals surface area contributed by atoms with E-state index < -0.39 is 0 Å². The summed E-state index contributed by atoms with van der Waals surface area (Å²) in [6.07, 6.45) is 2.09. The van der Waals surface area contributed by atoms with Gasteiger partial charge in [-0.25, -0.2) is 0 Å². The molecule has 2 aliphatic rings. The smallest absolute Gasteiger partial charge is 0.227 e. The van der Waals surface area contributed by atoms with E-state index in [0.29, 0.717) is 17.9 Å². The minimum atomic E-state index is 0.202. The molecule has 1 N–H and O–H groups in total. The van der Waals surface area contributed by atoms with Gasteiger partial charge in [0.1, 0.15) is 0 Å². The molecule has 0 aliphatic carbocycles. The number of benzene rings is 1. The summed E-state index contributed by atoms with van der Waals surface area (Å²) >= 11 is 0. The molecule has 3 rings (SSSR count). The maximum absolute atomic E-state index is 12.6. The summed E-state index contributed by atoms with van der Waals surface area (Å²) in [5.74, 6) is 1.07. The van der Waals surface area contributed by atoms with Crippen molar-refractivity contribution in [1.82, 2.24) is 10.2 Å². The average Bonchev–Trinajstić information content (AvgIpc) is 3.08. The van der Waals surface area contributed by atoms with Gasteiger partial charge >= 0.3 is 0 Å². The Balaban J connectivity index is 1.73. The number of carbonyl (C=O) groups excluding carboxylic acids is 1. The predicted octanol–water partition coefficient (Wildman–Crippen LogP) is 2.31. The molecule has 108 valence electrons. The second kappa shape index (κ2) is 5.57. The number of carbonyl (C=O) groups is 1. The van der Waals surface area contributed by atoms with Gasteiger partial charge in [0.25, 0.3) is 0 Å². The fourth-order valence-corrected chi connectivity index (χ4v) is 3.71. The van der Waals surface area contributed by atoms with Gasteiger partial charge in [-0.3, -0.25) is 4.79 Å². The molecule has 20 heavy (non-hydrogen) atoms. The molecule has 2 fully saturated rings. The summed E-state index contributed by atoms with van der Waals surface area (Å²) in [6.45, 7) is 7.10. The first-order chi connectivity index (χ1) is 9.66. The van der Waals surface area contributed by atoms with Crippen molar-refractivity contribution in [3.05, 3.63) is 35.4 Å². The Morgan fingerprint density at radius 1 is 1.35 bits per heavy atom. The Morgan fingerprint density at radius 3 is 2.85 bits per heavy atom. The van der Waals surface area contributed by atoms with Gasteiger partial charge < -0.3 is 10.2 Å². The number of nitrogens with zero attached hydrogens (tertiary/aromatic N) is 1. The zero-order valence-electron chi connectivity index (χ0n) is 12.4. The second-order valence-corrected chi connectivity index (χ2v) is 6.32. The van der Waals surface area contributed by atoms with Crippen molar-refractivity contribution in [2.24, 2.45) is 5.92 Å². The van der Waals surface area contributed by atoms with Crippen molar-refractivity contribution < 1.29 is 4.79 Å². The molecule has 3 nitrogen and oxygen atoms in total. The molecule has 2 aliphatic heterocycles. The lowest BCUT2D eigenvalue weighted by atomic mass is 9.93. The molecule has 0 radical (unpaired) electrons. The number of aryl methyl sites for hydroxylation is 1. The van der Waals surface area contributed by atoms with E-state index in [-0.39, 0.29) is 5.92 Å². The van der Waals surface area contributed by atoms with Crippen LogP contribution >= 0.6 is 0 Å². The standard InChI is InChI=1S/C17H24N2O/c1-12-5-3-4-6-16(12)15-9-13(2)19(11-15)17(20)14-7-8-18-10-14/h3-6,13-15,18H,7-11H2,1-2H3. The molecule has 0 saturated carbocycles. The van der Waals surface area contributed by atoms with E-state index in [1.807, 2.05) is 0 Å². The normalized spacial score (nSPS) is 29.9. The Bertz CT molecular complexity index is 494. The van der Waals surface area contributed by atoms with Crippen LogP contribution in [0.1, 0.15) is 36.8 Å². The van der Waals surface area contributed by atoms with Gasteiger partial charge in [-0.05, 0) is 44.4 Å². The van der Waals surface area contributed by atoms with Gasteiger partial charge in [-0.2, -0.15) is 0 Å². The average molecular weight is 272 g/mol. The lowest BCUT2D eigenvalue weighted by molar-refractivity contribution is -0.135. The number of hydrogen-bond donors (Lipinski definition) is 1. The Kier molecular flexibility index (Phi) is 3.79. The van der Waals surface area contributed by atoms with E-state index in [2.05, 4.69) is 48.3 Å². The Labute approximate surface area is 121 Å². The molecule has 1 aromatic rings. The third-order valence-corrected chi connectivity index (χ3v) is 4.90. The van der Waals surface area contributed by atoms with Crippen LogP contribution in [0.2, 0.25) is 0 Å². The summed E-state index contributed by atoms with van der Waals surface area (Å²) in [5.41, 5.74) is 2.76. The molecule has 3 heteroatoms. The second-order valence-electron chi connectivity index (χ2n) is 6.32. The molecule has 3 atom stereocenters. The minimum absolute atomic E-state index is 0.202. The first-order valence-corrected chi connectivity index (χ1v) is 7.73. The maximum atomic E-state index is 12.6. The molecule has 0 bridgehead atoms. The summed E-state index contributed by atoms with van der Waals surface area (Å²) in [5, 5.41) is 3.30. The largest absolute Gasteiger partial charge is 0.339 e. The van der Waals surface area contributed by atoms with Crippen LogP contribution in [0.3, 0.4) is 0 Å². The molecular weight excluding hydrogens is 248 g/mol. The number of nitrogens with one attached hydrogen (secondary N) is 1. The van der Waals surface area contributed by atoms with Crippen molar-refractivity contribution in [2.75, 3.05) is 19.6 Å². The van der Waals surface area contributed by atoms with Gasteiger partial charge in [-0.1, -0.05) is 24.3 Å². The van der Waals surface area contributed by atoms with Crippen molar-refractivity contribution in [2.45, 2.75) is 38.6 Å². The third kappa shape index (κ3) is 2.47. The maximum Gasteiger partial charge on any atom is 0.227 e. The van der Waals surface area contributed by atoms with Crippen molar-refractivity contribution in [3.63, 3.8) is 0 Å². The van der Waals surface area contributed by atoms with Crippen LogP contribution in [-0.2, 0) is 4.79 Å². The molecule has 0 aromatic heterocycles. The highest BCUT2D eigenvalue weighted by molar-refractivity contribution is 5.80. The topological polar surface area (TPSA) is 32.3 Å². The lowest BCUT2D eigenvalue weighted by Crippen LogP contribution is -2.39. The van der Waals surface area contributed by atoms with Crippen molar-refractivity contribution in [1.29, 1.82) is 0 Å². The molecule has 2 saturated heterocycles. The van der Waals surface area contributed by atoms with E-state index in [4.69, 9.17) is 0 Å². The third-order valence-electron chi connectivity index (χ3n) is 4.90. The highest BCUT2D eigenvalue weighted by Gasteiger charge is 2.37. The number of rotatable bonds is 2. The first-order valence-electron chi connectivity index (χ1n) is 7.73. The van der Waals surface area contributed by atoms with Crippen LogP contribution in [0.4, 0.5) is 0 Å². The molecule has 0 spiro atoms. The summed E-state index contributed by atoms with van der Waals surface area (Å²) in [7, 11) is 0. The van der Waals surface area contributed by atoms with Crippen LogP contribution in [0.25, 0.3) is 0 Å². The van der Waals surface area contributed by atoms with Crippen LogP contribution in [-0.4, -0.2) is 36.5 Å². The van der Waals surface area contributed by atoms with Crippen LogP contribution in [0, 0.1) is 12.8 Å². The monoisotopic (exact) mass is 272 g/mol. The van der Waals surface area contributed by atoms with Gasteiger partial charge in [0.15, 0.2) is 0 Å². The molecular formula is C17H24N2O. The quantitative estimate of drug-likeness (QED) is 0.896. The van der Waals surface area contributed by atoms with E-state index in [9.17, 15) is 4.79 Å². The molecule has 3 unspecified atom stereocenters. The van der Waals surface area contributed by atoms with Crippen molar-refractivity contribution >= 4 is 5.91 Å². The first kappa shape index (κ1) is 13.6. The molecule has 2 heterocycles. The van der Waals surface area contributed by atoms with E-state index in [1.165, 1.54) is 11.1 Å². The van der Waals surface area contributed by atoms with E-state index in [1.54, 1.807) is 0 Å². The zero-order valence-corrected chi connectivity index (χ0v) is 12.4. The summed E-state index contributed by atoms with van der Waals surface area (Å²) < 4.78 is 0. The van der Waals surface area contributed by atoms with E-state index >= 15 is 0 Å². The fourth-order valence-electron chi connectivity index (χ4n) is 3.71. The molecule has 1 amide bonds. The molecule has 1 aromatic carbocycles. The van der Waals surface area contributed by atoms with Crippen molar-refractivity contribution in [3.8, 4) is 0 Å². The summed E-state index contributed by atoms with van der Waals surface area (Å²) in [4.78, 5) is 14.7. The lowest BCUT2D eigenvalue weighted by Gasteiger charge is -2.24. The van der Waals surface area contributed by atoms with Crippen LogP contribution < -0.4 is 5.32 Å². The SMILES string of the molecule is Cc1ccccc1C1CC(C)N(C(=O)C2CCNC2)C1. The highest BCUT2D eigenvalue weighted by atomic mass is 16.2. The number of amides is 1. The number of hydrogen-bond acceptors (Lipinski definition) is 2.